The number of hydrogen-bond acceptors (Lipinski definition) is 6. The fourth-order valence-electron chi connectivity index (χ4n) is 7.03. The average molecular weight is 853 g/mol. The van der Waals surface area contributed by atoms with Gasteiger partial charge in [-0.1, -0.05) is 184 Å². The normalized spacial score (nSPS) is 12.5. The zero-order chi connectivity index (χ0) is 44.4. The lowest BCUT2D eigenvalue weighted by molar-refractivity contribution is -0.167. The van der Waals surface area contributed by atoms with Gasteiger partial charge in [-0.2, -0.15) is 0 Å². The molecule has 0 aromatic carbocycles. The Morgan fingerprint density at radius 1 is 0.328 bits per heavy atom. The van der Waals surface area contributed by atoms with Crippen molar-refractivity contribution in [3.05, 3.63) is 60.8 Å². The van der Waals surface area contributed by atoms with Gasteiger partial charge in [0.2, 0.25) is 0 Å². The molecule has 0 aromatic rings. The second-order valence-corrected chi connectivity index (χ2v) is 17.1. The number of unbranched alkanes of at least 4 members (excludes halogenated alkanes) is 25. The SMILES string of the molecule is CCCCC/C=C/C/C=C/C/C=C/CCCCCCC(=O)OC[C@@H](COC(=O)CCCCCCC/C=C/CCCCCC)OC(=O)CCCCCCC/C=C/CCCCCC. The molecule has 6 nitrogen and oxygen atoms in total. The summed E-state index contributed by atoms with van der Waals surface area (Å²) in [5.41, 5.74) is 0. The third-order valence-corrected chi connectivity index (χ3v) is 11.0. The monoisotopic (exact) mass is 853 g/mol. The Morgan fingerprint density at radius 3 is 0.967 bits per heavy atom. The number of carbonyl (C=O) groups excluding carboxylic acids is 3. The summed E-state index contributed by atoms with van der Waals surface area (Å²) in [4.78, 5) is 37.9. The van der Waals surface area contributed by atoms with Crippen LogP contribution in [0.4, 0.5) is 0 Å². The topological polar surface area (TPSA) is 78.9 Å². The Balaban J connectivity index is 4.43. The second kappa shape index (κ2) is 49.8. The largest absolute Gasteiger partial charge is 0.462 e. The van der Waals surface area contributed by atoms with Crippen molar-refractivity contribution in [3.8, 4) is 0 Å². The third-order valence-electron chi connectivity index (χ3n) is 11.0. The number of esters is 3. The van der Waals surface area contributed by atoms with E-state index in [1.165, 1.54) is 109 Å². The van der Waals surface area contributed by atoms with E-state index in [0.717, 1.165) is 103 Å². The quantitative estimate of drug-likeness (QED) is 0.0263. The summed E-state index contributed by atoms with van der Waals surface area (Å²) < 4.78 is 16.8. The van der Waals surface area contributed by atoms with E-state index >= 15 is 0 Å². The van der Waals surface area contributed by atoms with E-state index < -0.39 is 6.10 Å². The highest BCUT2D eigenvalue weighted by atomic mass is 16.6. The zero-order valence-corrected chi connectivity index (χ0v) is 40.2. The molecular formula is C55H96O6. The molecule has 0 aliphatic rings. The maximum absolute atomic E-state index is 12.8. The lowest BCUT2D eigenvalue weighted by atomic mass is 10.1. The fraction of sp³-hybridized carbons (Fsp3) is 0.764. The summed E-state index contributed by atoms with van der Waals surface area (Å²) in [6.45, 7) is 6.55. The van der Waals surface area contributed by atoms with Gasteiger partial charge in [0.15, 0.2) is 6.10 Å². The second-order valence-electron chi connectivity index (χ2n) is 17.1. The first-order chi connectivity index (χ1) is 30.0. The molecule has 0 bridgehead atoms. The molecule has 0 N–H and O–H groups in total. The third kappa shape index (κ3) is 48.0. The van der Waals surface area contributed by atoms with E-state index in [1.807, 2.05) is 0 Å². The van der Waals surface area contributed by atoms with Crippen LogP contribution in [0.25, 0.3) is 0 Å². The first kappa shape index (κ1) is 58.1. The first-order valence-corrected chi connectivity index (χ1v) is 25.8. The van der Waals surface area contributed by atoms with Crippen LogP contribution in [0.3, 0.4) is 0 Å². The van der Waals surface area contributed by atoms with Crippen LogP contribution in [0.2, 0.25) is 0 Å². The van der Waals surface area contributed by atoms with Gasteiger partial charge in [-0.25, -0.2) is 0 Å². The Morgan fingerprint density at radius 2 is 0.590 bits per heavy atom. The maximum Gasteiger partial charge on any atom is 0.306 e. The summed E-state index contributed by atoms with van der Waals surface area (Å²) >= 11 is 0. The van der Waals surface area contributed by atoms with Gasteiger partial charge in [-0.3, -0.25) is 14.4 Å². The number of hydrogen-bond donors (Lipinski definition) is 0. The molecule has 0 aliphatic heterocycles. The van der Waals surface area contributed by atoms with Crippen molar-refractivity contribution in [1.82, 2.24) is 0 Å². The van der Waals surface area contributed by atoms with Crippen LogP contribution in [0.5, 0.6) is 0 Å². The minimum Gasteiger partial charge on any atom is -0.462 e. The van der Waals surface area contributed by atoms with E-state index in [-0.39, 0.29) is 31.1 Å². The molecule has 0 radical (unpaired) electrons. The van der Waals surface area contributed by atoms with E-state index in [1.54, 1.807) is 0 Å². The molecular weight excluding hydrogens is 757 g/mol. The number of carbonyl (C=O) groups is 3. The van der Waals surface area contributed by atoms with E-state index in [4.69, 9.17) is 14.2 Å². The van der Waals surface area contributed by atoms with E-state index in [9.17, 15) is 14.4 Å². The average Bonchev–Trinajstić information content (AvgIpc) is 3.26. The van der Waals surface area contributed by atoms with Gasteiger partial charge in [0, 0.05) is 19.3 Å². The molecule has 0 aliphatic carbocycles. The smallest absolute Gasteiger partial charge is 0.306 e. The van der Waals surface area contributed by atoms with Crippen LogP contribution in [0.1, 0.15) is 252 Å². The van der Waals surface area contributed by atoms with Gasteiger partial charge < -0.3 is 14.2 Å². The van der Waals surface area contributed by atoms with Gasteiger partial charge >= 0.3 is 17.9 Å². The van der Waals surface area contributed by atoms with Crippen molar-refractivity contribution in [1.29, 1.82) is 0 Å². The fourth-order valence-corrected chi connectivity index (χ4v) is 7.03. The predicted octanol–water partition coefficient (Wildman–Crippen LogP) is 16.9. The molecule has 0 fully saturated rings. The predicted molar refractivity (Wildman–Crippen MR) is 261 cm³/mol. The molecule has 1 atom stereocenters. The Labute approximate surface area is 377 Å². The summed E-state index contributed by atoms with van der Waals surface area (Å²) in [6, 6.07) is 0. The molecule has 6 heteroatoms. The van der Waals surface area contributed by atoms with Gasteiger partial charge in [-0.15, -0.1) is 0 Å². The van der Waals surface area contributed by atoms with Crippen LogP contribution < -0.4 is 0 Å². The Bertz CT molecular complexity index is 1120. The highest BCUT2D eigenvalue weighted by Crippen LogP contribution is 2.13. The first-order valence-electron chi connectivity index (χ1n) is 25.8. The highest BCUT2D eigenvalue weighted by molar-refractivity contribution is 5.71. The highest BCUT2D eigenvalue weighted by Gasteiger charge is 2.19. The number of rotatable bonds is 46. The van der Waals surface area contributed by atoms with E-state index in [0.29, 0.717) is 19.3 Å². The van der Waals surface area contributed by atoms with E-state index in [2.05, 4.69) is 81.5 Å². The van der Waals surface area contributed by atoms with Crippen LogP contribution in [-0.2, 0) is 28.6 Å². The van der Waals surface area contributed by atoms with Crippen molar-refractivity contribution in [2.45, 2.75) is 258 Å². The summed E-state index contributed by atoms with van der Waals surface area (Å²) in [5, 5.41) is 0. The molecule has 352 valence electrons. The molecule has 0 unspecified atom stereocenters. The van der Waals surface area contributed by atoms with Crippen LogP contribution >= 0.6 is 0 Å². The molecule has 0 amide bonds. The number of ether oxygens (including phenoxy) is 3. The Kier molecular flexibility index (Phi) is 47.4. The van der Waals surface area contributed by atoms with Gasteiger partial charge in [0.1, 0.15) is 13.2 Å². The molecule has 0 rings (SSSR count). The molecule has 0 aromatic heterocycles. The molecule has 0 spiro atoms. The minimum atomic E-state index is -0.789. The van der Waals surface area contributed by atoms with Crippen LogP contribution in [-0.4, -0.2) is 37.2 Å². The lowest BCUT2D eigenvalue weighted by Gasteiger charge is -2.18. The van der Waals surface area contributed by atoms with Crippen molar-refractivity contribution in [3.63, 3.8) is 0 Å². The summed E-state index contributed by atoms with van der Waals surface area (Å²) in [7, 11) is 0. The summed E-state index contributed by atoms with van der Waals surface area (Å²) in [5.74, 6) is -0.926. The maximum atomic E-state index is 12.8. The van der Waals surface area contributed by atoms with Crippen LogP contribution in [0.15, 0.2) is 60.8 Å². The van der Waals surface area contributed by atoms with Gasteiger partial charge in [0.05, 0.1) is 0 Å². The van der Waals surface area contributed by atoms with Crippen LogP contribution in [0, 0.1) is 0 Å². The lowest BCUT2D eigenvalue weighted by Crippen LogP contribution is -2.30. The van der Waals surface area contributed by atoms with Crippen molar-refractivity contribution in [2.75, 3.05) is 13.2 Å². The van der Waals surface area contributed by atoms with Crippen molar-refractivity contribution in [2.24, 2.45) is 0 Å². The standard InChI is InChI=1S/C55H96O6/c1-4-7-10-13-16-19-22-25-26-27-28-31-33-36-39-42-45-48-54(57)60-51-52(61-55(58)49-46-43-40-37-34-30-24-21-18-15-12-9-6-3)50-59-53(56)47-44-41-38-35-32-29-23-20-17-14-11-8-5-2/h16,19-21,23-26,28,31,52H,4-15,17-18,22,27,29-30,32-51H2,1-3H3/b19-16+,23-20+,24-21+,26-25+,31-28+/t52-/m1/s1. The van der Waals surface area contributed by atoms with Gasteiger partial charge in [0.25, 0.3) is 0 Å². The molecule has 0 saturated carbocycles. The molecule has 0 saturated heterocycles. The molecule has 61 heavy (non-hydrogen) atoms. The minimum absolute atomic E-state index is 0.0891. The van der Waals surface area contributed by atoms with Crippen molar-refractivity contribution < 1.29 is 28.6 Å². The number of allylic oxidation sites excluding steroid dienone is 10. The van der Waals surface area contributed by atoms with Gasteiger partial charge in [-0.05, 0) is 109 Å². The molecule has 0 heterocycles. The Hall–Kier alpha value is -2.89. The summed E-state index contributed by atoms with van der Waals surface area (Å²) in [6.07, 6.45) is 60.5. The zero-order valence-electron chi connectivity index (χ0n) is 40.2. The van der Waals surface area contributed by atoms with Crippen molar-refractivity contribution >= 4 is 17.9 Å².